The maximum atomic E-state index is 11.6. The molecule has 0 aromatic rings. The van der Waals surface area contributed by atoms with Gasteiger partial charge in [-0.2, -0.15) is 0 Å². The van der Waals surface area contributed by atoms with Crippen molar-refractivity contribution in [2.75, 3.05) is 12.7 Å². The lowest BCUT2D eigenvalue weighted by Gasteiger charge is -2.21. The second-order valence-electron chi connectivity index (χ2n) is 4.18. The minimum atomic E-state index is -0.864. The zero-order valence-electron chi connectivity index (χ0n) is 10.0. The maximum Gasteiger partial charge on any atom is 0.312 e. The van der Waals surface area contributed by atoms with E-state index in [4.69, 9.17) is 16.3 Å². The Hall–Kier alpha value is -0.770. The van der Waals surface area contributed by atoms with Crippen LogP contribution >= 0.6 is 11.6 Å². The van der Waals surface area contributed by atoms with E-state index in [1.54, 1.807) is 13.8 Å². The van der Waals surface area contributed by atoms with Gasteiger partial charge in [0.1, 0.15) is 0 Å². The Morgan fingerprint density at radius 1 is 1.25 bits per heavy atom. The Morgan fingerprint density at radius 2 is 1.88 bits per heavy atom. The molecule has 5 heteroatoms. The minimum absolute atomic E-state index is 0.0231. The number of ether oxygens (including phenoxy) is 2. The van der Waals surface area contributed by atoms with Gasteiger partial charge in [0.2, 0.25) is 0 Å². The smallest absolute Gasteiger partial charge is 0.312 e. The van der Waals surface area contributed by atoms with Crippen LogP contribution in [-0.4, -0.2) is 24.6 Å². The normalized spacial score (nSPS) is 11.0. The van der Waals surface area contributed by atoms with Crippen LogP contribution in [0.3, 0.4) is 0 Å². The Bertz CT molecular complexity index is 238. The fraction of sp³-hybridized carbons (Fsp3) is 0.818. The number of hydrogen-bond acceptors (Lipinski definition) is 4. The predicted octanol–water partition coefficient (Wildman–Crippen LogP) is 2.49. The van der Waals surface area contributed by atoms with Crippen molar-refractivity contribution in [2.45, 2.75) is 40.0 Å². The lowest BCUT2D eigenvalue weighted by molar-refractivity contribution is -0.160. The lowest BCUT2D eigenvalue weighted by Crippen LogP contribution is -2.30. The van der Waals surface area contributed by atoms with Gasteiger partial charge in [0.05, 0.1) is 18.4 Å². The molecule has 0 unspecified atom stereocenters. The van der Waals surface area contributed by atoms with E-state index in [1.165, 1.54) is 0 Å². The van der Waals surface area contributed by atoms with Crippen molar-refractivity contribution in [1.29, 1.82) is 0 Å². The molecule has 0 spiro atoms. The largest absolute Gasteiger partial charge is 0.465 e. The molecular formula is C11H19ClO4. The number of hydrogen-bond donors (Lipinski definition) is 0. The van der Waals surface area contributed by atoms with Crippen LogP contribution < -0.4 is 0 Å². The third-order valence-electron chi connectivity index (χ3n) is 2.09. The third kappa shape index (κ3) is 5.95. The van der Waals surface area contributed by atoms with Crippen LogP contribution in [0.5, 0.6) is 0 Å². The molecule has 0 radical (unpaired) electrons. The molecule has 0 heterocycles. The molecule has 0 saturated heterocycles. The molecule has 4 nitrogen and oxygen atoms in total. The highest BCUT2D eigenvalue weighted by atomic mass is 35.5. The van der Waals surface area contributed by atoms with E-state index in [9.17, 15) is 9.59 Å². The van der Waals surface area contributed by atoms with Gasteiger partial charge in [0.15, 0.2) is 6.07 Å². The maximum absolute atomic E-state index is 11.6. The molecule has 0 aliphatic rings. The van der Waals surface area contributed by atoms with Gasteiger partial charge in [0.25, 0.3) is 0 Å². The highest BCUT2D eigenvalue weighted by Crippen LogP contribution is 2.23. The Kier molecular flexibility index (Phi) is 7.13. The van der Waals surface area contributed by atoms with Gasteiger partial charge in [-0.25, -0.2) is 0 Å². The van der Waals surface area contributed by atoms with Crippen LogP contribution in [0, 0.1) is 5.41 Å². The SMILES string of the molecule is CCCCOC(=O)C(C)(C)CC(=O)OCCl. The second kappa shape index (κ2) is 7.49. The molecule has 0 amide bonds. The third-order valence-corrected chi connectivity index (χ3v) is 2.19. The summed E-state index contributed by atoms with van der Waals surface area (Å²) in [5.74, 6) is -0.875. The van der Waals surface area contributed by atoms with E-state index in [1.807, 2.05) is 6.92 Å². The van der Waals surface area contributed by atoms with Gasteiger partial charge in [-0.1, -0.05) is 24.9 Å². The van der Waals surface area contributed by atoms with E-state index in [2.05, 4.69) is 4.74 Å². The standard InChI is InChI=1S/C11H19ClO4/c1-4-5-6-15-10(14)11(2,3)7-9(13)16-8-12/h4-8H2,1-3H3. The van der Waals surface area contributed by atoms with Crippen LogP contribution in [0.1, 0.15) is 40.0 Å². The Labute approximate surface area is 101 Å². The topological polar surface area (TPSA) is 52.6 Å². The summed E-state index contributed by atoms with van der Waals surface area (Å²) in [6, 6.07) is -0.195. The molecule has 0 aliphatic carbocycles. The summed E-state index contributed by atoms with van der Waals surface area (Å²) in [6.07, 6.45) is 1.76. The van der Waals surface area contributed by atoms with Crippen LogP contribution in [-0.2, 0) is 19.1 Å². The number of carbonyl (C=O) groups is 2. The van der Waals surface area contributed by atoms with E-state index in [-0.39, 0.29) is 18.5 Å². The number of rotatable bonds is 7. The number of alkyl halides is 1. The van der Waals surface area contributed by atoms with Crippen molar-refractivity contribution in [3.8, 4) is 0 Å². The molecule has 0 rings (SSSR count). The van der Waals surface area contributed by atoms with Crippen LogP contribution in [0.2, 0.25) is 0 Å². The van der Waals surface area contributed by atoms with Gasteiger partial charge in [0, 0.05) is 0 Å². The van der Waals surface area contributed by atoms with Crippen molar-refractivity contribution in [3.63, 3.8) is 0 Å². The zero-order valence-corrected chi connectivity index (χ0v) is 10.8. The Morgan fingerprint density at radius 3 is 2.38 bits per heavy atom. The highest BCUT2D eigenvalue weighted by Gasteiger charge is 2.32. The average molecular weight is 251 g/mol. The van der Waals surface area contributed by atoms with E-state index in [0.29, 0.717) is 6.61 Å². The molecule has 0 aliphatic heterocycles. The van der Waals surface area contributed by atoms with Crippen molar-refractivity contribution < 1.29 is 19.1 Å². The summed E-state index contributed by atoms with van der Waals surface area (Å²) in [5.41, 5.74) is -0.864. The van der Waals surface area contributed by atoms with E-state index >= 15 is 0 Å². The molecule has 0 aromatic carbocycles. The number of carbonyl (C=O) groups excluding carboxylic acids is 2. The molecular weight excluding hydrogens is 232 g/mol. The van der Waals surface area contributed by atoms with Crippen molar-refractivity contribution >= 4 is 23.5 Å². The first-order chi connectivity index (χ1) is 7.44. The predicted molar refractivity (Wildman–Crippen MR) is 61.1 cm³/mol. The molecule has 0 fully saturated rings. The molecule has 0 bridgehead atoms. The van der Waals surface area contributed by atoms with E-state index < -0.39 is 11.4 Å². The number of unbranched alkanes of at least 4 members (excludes halogenated alkanes) is 1. The van der Waals surface area contributed by atoms with Crippen molar-refractivity contribution in [1.82, 2.24) is 0 Å². The van der Waals surface area contributed by atoms with Gasteiger partial charge < -0.3 is 9.47 Å². The van der Waals surface area contributed by atoms with Crippen LogP contribution in [0.15, 0.2) is 0 Å². The monoisotopic (exact) mass is 250 g/mol. The first-order valence-electron chi connectivity index (χ1n) is 5.33. The summed E-state index contributed by atoms with van der Waals surface area (Å²) >= 11 is 5.25. The Balaban J connectivity index is 4.09. The van der Waals surface area contributed by atoms with E-state index in [0.717, 1.165) is 12.8 Å². The molecule has 0 atom stereocenters. The zero-order chi connectivity index (χ0) is 12.6. The molecule has 94 valence electrons. The summed E-state index contributed by atoms with van der Waals surface area (Å²) in [4.78, 5) is 22.8. The van der Waals surface area contributed by atoms with Crippen molar-refractivity contribution in [2.24, 2.45) is 5.41 Å². The number of halogens is 1. The summed E-state index contributed by atoms with van der Waals surface area (Å²) in [5, 5.41) is 0. The van der Waals surface area contributed by atoms with Crippen molar-refractivity contribution in [3.05, 3.63) is 0 Å². The lowest BCUT2D eigenvalue weighted by atomic mass is 9.89. The second-order valence-corrected chi connectivity index (χ2v) is 4.39. The van der Waals surface area contributed by atoms with Gasteiger partial charge in [-0.15, -0.1) is 0 Å². The quantitative estimate of drug-likeness (QED) is 0.396. The van der Waals surface area contributed by atoms with Gasteiger partial charge in [-0.05, 0) is 20.3 Å². The minimum Gasteiger partial charge on any atom is -0.465 e. The van der Waals surface area contributed by atoms with Crippen LogP contribution in [0.4, 0.5) is 0 Å². The number of esters is 2. The van der Waals surface area contributed by atoms with Gasteiger partial charge in [-0.3, -0.25) is 9.59 Å². The molecule has 0 aromatic heterocycles. The highest BCUT2D eigenvalue weighted by molar-refractivity contribution is 6.17. The average Bonchev–Trinajstić information content (AvgIpc) is 2.17. The molecule has 0 N–H and O–H groups in total. The molecule has 0 saturated carbocycles. The summed E-state index contributed by atoms with van der Waals surface area (Å²) in [7, 11) is 0. The van der Waals surface area contributed by atoms with Crippen LogP contribution in [0.25, 0.3) is 0 Å². The molecule has 16 heavy (non-hydrogen) atoms. The fourth-order valence-electron chi connectivity index (χ4n) is 1.05. The summed E-state index contributed by atoms with van der Waals surface area (Å²) in [6.45, 7) is 5.70. The van der Waals surface area contributed by atoms with Gasteiger partial charge >= 0.3 is 11.9 Å². The first-order valence-corrected chi connectivity index (χ1v) is 5.86. The summed E-state index contributed by atoms with van der Waals surface area (Å²) < 4.78 is 9.62. The fourth-order valence-corrected chi connectivity index (χ4v) is 1.17. The first kappa shape index (κ1) is 15.2.